The molecule has 0 aliphatic carbocycles. The molecule has 1 N–H and O–H groups in total. The number of hydrogen-bond donors (Lipinski definition) is 1. The predicted octanol–water partition coefficient (Wildman–Crippen LogP) is 1.34. The molecule has 1 rings (SSSR count). The first-order chi connectivity index (χ1) is 8.32. The molecule has 1 saturated heterocycles. The summed E-state index contributed by atoms with van der Waals surface area (Å²) in [4.78, 5) is 14.0. The first-order valence-corrected chi connectivity index (χ1v) is 8.33. The normalized spacial score (nSPS) is 27.9. The highest BCUT2D eigenvalue weighted by atomic mass is 32.2. The molecule has 0 saturated carbocycles. The molecule has 0 spiro atoms. The molecule has 1 amide bonds. The van der Waals surface area contributed by atoms with Gasteiger partial charge >= 0.3 is 0 Å². The topological polar surface area (TPSA) is 49.4 Å². The second-order valence-electron chi connectivity index (χ2n) is 5.66. The van der Waals surface area contributed by atoms with E-state index in [1.807, 2.05) is 18.7 Å². The maximum atomic E-state index is 12.1. The van der Waals surface area contributed by atoms with E-state index in [2.05, 4.69) is 19.2 Å². The second kappa shape index (κ2) is 6.66. The quantitative estimate of drug-likeness (QED) is 0.795. The molecule has 106 valence electrons. The fraction of sp³-hybridized carbons (Fsp3) is 0.923. The molecule has 5 heteroatoms. The Balaban J connectivity index is 2.58. The predicted molar refractivity (Wildman–Crippen MR) is 75.7 cm³/mol. The molecule has 4 nitrogen and oxygen atoms in total. The summed E-state index contributed by atoms with van der Waals surface area (Å²) in [5, 5.41) is 3.49. The Bertz CT molecular complexity index is 320. The van der Waals surface area contributed by atoms with Crippen LogP contribution in [0, 0.1) is 5.92 Å². The minimum atomic E-state index is -0.811. The first-order valence-electron chi connectivity index (χ1n) is 6.71. The Hall–Kier alpha value is -0.420. The third kappa shape index (κ3) is 4.05. The zero-order chi connectivity index (χ0) is 13.9. The lowest BCUT2D eigenvalue weighted by Crippen LogP contribution is -2.40. The fourth-order valence-electron chi connectivity index (χ4n) is 2.25. The van der Waals surface area contributed by atoms with Crippen LogP contribution in [0.4, 0.5) is 0 Å². The van der Waals surface area contributed by atoms with Crippen LogP contribution >= 0.6 is 0 Å². The van der Waals surface area contributed by atoms with Crippen molar-refractivity contribution in [3.05, 3.63) is 0 Å². The van der Waals surface area contributed by atoms with E-state index in [0.717, 1.165) is 12.8 Å². The molecule has 0 aromatic heterocycles. The van der Waals surface area contributed by atoms with Crippen molar-refractivity contribution in [3.8, 4) is 0 Å². The number of nitrogens with zero attached hydrogens (tertiary/aromatic N) is 1. The number of carbonyl (C=O) groups is 1. The van der Waals surface area contributed by atoms with Crippen molar-refractivity contribution in [1.29, 1.82) is 0 Å². The minimum Gasteiger partial charge on any atom is -0.326 e. The molecular formula is C13H26N2O2S. The maximum Gasteiger partial charge on any atom is 0.240 e. The third-order valence-corrected chi connectivity index (χ3v) is 4.88. The highest BCUT2D eigenvalue weighted by molar-refractivity contribution is 7.84. The van der Waals surface area contributed by atoms with E-state index in [0.29, 0.717) is 12.5 Å². The van der Waals surface area contributed by atoms with Gasteiger partial charge in [-0.2, -0.15) is 0 Å². The Morgan fingerprint density at radius 2 is 2.00 bits per heavy atom. The molecule has 0 bridgehead atoms. The highest BCUT2D eigenvalue weighted by Crippen LogP contribution is 2.18. The molecule has 0 aromatic carbocycles. The van der Waals surface area contributed by atoms with Crippen molar-refractivity contribution in [2.75, 3.05) is 12.8 Å². The number of rotatable bonds is 6. The first kappa shape index (κ1) is 15.6. The molecular weight excluding hydrogens is 248 g/mol. The summed E-state index contributed by atoms with van der Waals surface area (Å²) in [5.74, 6) is 0.732. The van der Waals surface area contributed by atoms with Gasteiger partial charge in [-0.15, -0.1) is 0 Å². The molecule has 4 atom stereocenters. The second-order valence-corrected chi connectivity index (χ2v) is 7.47. The molecule has 1 heterocycles. The van der Waals surface area contributed by atoms with E-state index in [-0.39, 0.29) is 23.4 Å². The van der Waals surface area contributed by atoms with Crippen LogP contribution in [0.1, 0.15) is 40.5 Å². The van der Waals surface area contributed by atoms with Crippen LogP contribution in [-0.2, 0) is 15.6 Å². The van der Waals surface area contributed by atoms with Crippen LogP contribution in [0.5, 0.6) is 0 Å². The number of carbonyl (C=O) groups excluding carboxylic acids is 1. The minimum absolute atomic E-state index is 0.0869. The fourth-order valence-corrected chi connectivity index (χ4v) is 2.68. The van der Waals surface area contributed by atoms with E-state index < -0.39 is 10.8 Å². The average molecular weight is 274 g/mol. The van der Waals surface area contributed by atoms with Crippen molar-refractivity contribution in [2.24, 2.45) is 5.92 Å². The van der Waals surface area contributed by atoms with Gasteiger partial charge in [-0.05, 0) is 25.7 Å². The van der Waals surface area contributed by atoms with Crippen LogP contribution in [-0.4, -0.2) is 45.3 Å². The highest BCUT2D eigenvalue weighted by Gasteiger charge is 2.36. The Kier molecular flexibility index (Phi) is 5.79. The van der Waals surface area contributed by atoms with Gasteiger partial charge in [0.2, 0.25) is 5.91 Å². The van der Waals surface area contributed by atoms with Gasteiger partial charge in [0.15, 0.2) is 0 Å². The third-order valence-electron chi connectivity index (χ3n) is 3.51. The van der Waals surface area contributed by atoms with Crippen LogP contribution in [0.15, 0.2) is 0 Å². The summed E-state index contributed by atoms with van der Waals surface area (Å²) in [6.07, 6.45) is 3.64. The van der Waals surface area contributed by atoms with Crippen molar-refractivity contribution in [3.63, 3.8) is 0 Å². The molecule has 4 unspecified atom stereocenters. The van der Waals surface area contributed by atoms with Crippen LogP contribution < -0.4 is 5.32 Å². The summed E-state index contributed by atoms with van der Waals surface area (Å²) >= 11 is 0. The SMILES string of the molecule is CC(C)CC1NC(C)C(=O)N1CCC(C)S(C)=O. The Morgan fingerprint density at radius 1 is 1.39 bits per heavy atom. The van der Waals surface area contributed by atoms with E-state index in [9.17, 15) is 9.00 Å². The lowest BCUT2D eigenvalue weighted by molar-refractivity contribution is -0.129. The molecule has 1 aliphatic rings. The number of hydrogen-bond acceptors (Lipinski definition) is 3. The van der Waals surface area contributed by atoms with Crippen molar-refractivity contribution in [1.82, 2.24) is 10.2 Å². The molecule has 1 fully saturated rings. The zero-order valence-corrected chi connectivity index (χ0v) is 12.9. The van der Waals surface area contributed by atoms with Crippen LogP contribution in [0.2, 0.25) is 0 Å². The van der Waals surface area contributed by atoms with Gasteiger partial charge in [-0.1, -0.05) is 20.8 Å². The van der Waals surface area contributed by atoms with E-state index in [4.69, 9.17) is 0 Å². The van der Waals surface area contributed by atoms with Gasteiger partial charge < -0.3 is 4.90 Å². The van der Waals surface area contributed by atoms with Gasteiger partial charge in [-0.25, -0.2) is 0 Å². The van der Waals surface area contributed by atoms with Crippen LogP contribution in [0.25, 0.3) is 0 Å². The number of amides is 1. The lowest BCUT2D eigenvalue weighted by Gasteiger charge is -2.26. The molecule has 0 radical (unpaired) electrons. The average Bonchev–Trinajstić information content (AvgIpc) is 2.51. The Morgan fingerprint density at radius 3 is 2.50 bits per heavy atom. The standard InChI is InChI=1S/C13H26N2O2S/c1-9(2)8-12-14-11(4)13(16)15(12)7-6-10(3)18(5)17/h9-12,14H,6-8H2,1-5H3. The van der Waals surface area contributed by atoms with E-state index >= 15 is 0 Å². The summed E-state index contributed by atoms with van der Waals surface area (Å²) < 4.78 is 11.3. The van der Waals surface area contributed by atoms with Gasteiger partial charge in [-0.3, -0.25) is 14.3 Å². The van der Waals surface area contributed by atoms with E-state index in [1.54, 1.807) is 6.26 Å². The molecule has 18 heavy (non-hydrogen) atoms. The molecule has 1 aliphatic heterocycles. The van der Waals surface area contributed by atoms with Crippen LogP contribution in [0.3, 0.4) is 0 Å². The number of nitrogens with one attached hydrogen (secondary N) is 1. The lowest BCUT2D eigenvalue weighted by atomic mass is 10.1. The van der Waals surface area contributed by atoms with Crippen molar-refractivity contribution < 1.29 is 9.00 Å². The zero-order valence-electron chi connectivity index (χ0n) is 12.1. The largest absolute Gasteiger partial charge is 0.326 e. The van der Waals surface area contributed by atoms with Gasteiger partial charge in [0, 0.05) is 28.9 Å². The van der Waals surface area contributed by atoms with Gasteiger partial charge in [0.25, 0.3) is 0 Å². The van der Waals surface area contributed by atoms with E-state index in [1.165, 1.54) is 0 Å². The maximum absolute atomic E-state index is 12.1. The summed E-state index contributed by atoms with van der Waals surface area (Å²) in [5.41, 5.74) is 0. The van der Waals surface area contributed by atoms with Gasteiger partial charge in [0.1, 0.15) is 0 Å². The monoisotopic (exact) mass is 274 g/mol. The summed E-state index contributed by atoms with van der Waals surface area (Å²) in [6.45, 7) is 8.92. The Labute approximate surface area is 113 Å². The van der Waals surface area contributed by atoms with Gasteiger partial charge in [0.05, 0.1) is 12.2 Å². The summed E-state index contributed by atoms with van der Waals surface area (Å²) in [7, 11) is -0.811. The molecule has 0 aromatic rings. The smallest absolute Gasteiger partial charge is 0.240 e. The van der Waals surface area contributed by atoms with Crippen molar-refractivity contribution >= 4 is 16.7 Å². The summed E-state index contributed by atoms with van der Waals surface area (Å²) in [6, 6.07) is -0.0869. The van der Waals surface area contributed by atoms with Crippen molar-refractivity contribution in [2.45, 2.75) is 58.0 Å².